The Balaban J connectivity index is 2.67. The van der Waals surface area contributed by atoms with Crippen LogP contribution >= 0.6 is 0 Å². The monoisotopic (exact) mass is 262 g/mol. The molecule has 0 amide bonds. The van der Waals surface area contributed by atoms with E-state index in [1.54, 1.807) is 0 Å². The van der Waals surface area contributed by atoms with Crippen molar-refractivity contribution in [1.29, 1.82) is 0 Å². The number of hydrogen-bond donors (Lipinski definition) is 1. The van der Waals surface area contributed by atoms with Crippen molar-refractivity contribution in [2.24, 2.45) is 5.73 Å². The lowest BCUT2D eigenvalue weighted by atomic mass is 9.96. The van der Waals surface area contributed by atoms with E-state index in [1.165, 1.54) is 17.5 Å². The third kappa shape index (κ3) is 4.63. The fourth-order valence-electron chi connectivity index (χ4n) is 2.22. The van der Waals surface area contributed by atoms with Crippen molar-refractivity contribution < 1.29 is 0 Å². The molecule has 0 aromatic heterocycles. The van der Waals surface area contributed by atoms with Gasteiger partial charge in [-0.15, -0.1) is 0 Å². The van der Waals surface area contributed by atoms with E-state index in [9.17, 15) is 0 Å². The van der Waals surface area contributed by atoms with Crippen LogP contribution in [-0.4, -0.2) is 24.0 Å². The van der Waals surface area contributed by atoms with Crippen LogP contribution in [-0.2, 0) is 6.54 Å². The van der Waals surface area contributed by atoms with Crippen LogP contribution < -0.4 is 5.73 Å². The summed E-state index contributed by atoms with van der Waals surface area (Å²) in [6, 6.07) is 9.06. The SMILES string of the molecule is CCC(C)c1ccc(CN(C)C(C)(C)CCN)cc1. The molecule has 1 unspecified atom stereocenters. The van der Waals surface area contributed by atoms with Crippen LogP contribution in [0.3, 0.4) is 0 Å². The van der Waals surface area contributed by atoms with Crippen LogP contribution in [0.1, 0.15) is 57.6 Å². The molecule has 0 saturated heterocycles. The van der Waals surface area contributed by atoms with Gasteiger partial charge in [-0.1, -0.05) is 38.1 Å². The van der Waals surface area contributed by atoms with Gasteiger partial charge in [0.05, 0.1) is 0 Å². The van der Waals surface area contributed by atoms with Crippen LogP contribution in [0.25, 0.3) is 0 Å². The lowest BCUT2D eigenvalue weighted by Crippen LogP contribution is -2.42. The van der Waals surface area contributed by atoms with Crippen LogP contribution in [0.15, 0.2) is 24.3 Å². The average Bonchev–Trinajstić information content (AvgIpc) is 2.38. The highest BCUT2D eigenvalue weighted by Crippen LogP contribution is 2.22. The molecule has 1 aromatic carbocycles. The fourth-order valence-corrected chi connectivity index (χ4v) is 2.22. The maximum atomic E-state index is 5.69. The number of hydrogen-bond acceptors (Lipinski definition) is 2. The summed E-state index contributed by atoms with van der Waals surface area (Å²) in [6.07, 6.45) is 2.22. The largest absolute Gasteiger partial charge is 0.330 e. The molecule has 1 rings (SSSR count). The van der Waals surface area contributed by atoms with Crippen molar-refractivity contribution in [3.8, 4) is 0 Å². The summed E-state index contributed by atoms with van der Waals surface area (Å²) in [5, 5.41) is 0. The molecule has 2 N–H and O–H groups in total. The third-order valence-electron chi connectivity index (χ3n) is 4.37. The van der Waals surface area contributed by atoms with E-state index in [-0.39, 0.29) is 5.54 Å². The molecule has 0 aliphatic rings. The van der Waals surface area contributed by atoms with Gasteiger partial charge in [-0.05, 0) is 57.3 Å². The molecule has 0 heterocycles. The minimum atomic E-state index is 0.157. The van der Waals surface area contributed by atoms with E-state index < -0.39 is 0 Å². The molecular formula is C17H30N2. The maximum absolute atomic E-state index is 5.69. The first-order chi connectivity index (χ1) is 8.90. The Kier molecular flexibility index (Phi) is 6.02. The molecule has 0 saturated carbocycles. The van der Waals surface area contributed by atoms with Gasteiger partial charge in [0.25, 0.3) is 0 Å². The van der Waals surface area contributed by atoms with E-state index in [1.807, 2.05) is 0 Å². The Bertz CT molecular complexity index is 367. The van der Waals surface area contributed by atoms with E-state index in [4.69, 9.17) is 5.73 Å². The molecule has 0 aliphatic carbocycles. The Morgan fingerprint density at radius 3 is 2.26 bits per heavy atom. The standard InChI is InChI=1S/C17H30N2/c1-6-14(2)16-9-7-15(8-10-16)13-19(5)17(3,4)11-12-18/h7-10,14H,6,11-13,18H2,1-5H3. The molecular weight excluding hydrogens is 232 g/mol. The highest BCUT2D eigenvalue weighted by Gasteiger charge is 2.22. The molecule has 19 heavy (non-hydrogen) atoms. The van der Waals surface area contributed by atoms with Crippen molar-refractivity contribution in [2.45, 2.75) is 58.5 Å². The van der Waals surface area contributed by atoms with Crippen LogP contribution in [0.2, 0.25) is 0 Å². The van der Waals surface area contributed by atoms with Gasteiger partial charge in [0.1, 0.15) is 0 Å². The highest BCUT2D eigenvalue weighted by atomic mass is 15.2. The minimum Gasteiger partial charge on any atom is -0.330 e. The van der Waals surface area contributed by atoms with Crippen molar-refractivity contribution in [1.82, 2.24) is 4.90 Å². The van der Waals surface area contributed by atoms with Gasteiger partial charge < -0.3 is 5.73 Å². The third-order valence-corrected chi connectivity index (χ3v) is 4.37. The normalized spacial score (nSPS) is 13.8. The van der Waals surface area contributed by atoms with Gasteiger partial charge in [0.2, 0.25) is 0 Å². The summed E-state index contributed by atoms with van der Waals surface area (Å²) in [4.78, 5) is 2.39. The molecule has 2 nitrogen and oxygen atoms in total. The smallest absolute Gasteiger partial charge is 0.0236 e. The average molecular weight is 262 g/mol. The maximum Gasteiger partial charge on any atom is 0.0236 e. The Morgan fingerprint density at radius 1 is 1.21 bits per heavy atom. The number of rotatable bonds is 7. The zero-order valence-electron chi connectivity index (χ0n) is 13.2. The first-order valence-electron chi connectivity index (χ1n) is 7.41. The molecule has 1 aromatic rings. The molecule has 108 valence electrons. The zero-order chi connectivity index (χ0) is 14.5. The molecule has 0 radical (unpaired) electrons. The summed E-state index contributed by atoms with van der Waals surface area (Å²) in [5.41, 5.74) is 8.66. The second-order valence-corrected chi connectivity index (χ2v) is 6.26. The zero-order valence-corrected chi connectivity index (χ0v) is 13.2. The quantitative estimate of drug-likeness (QED) is 0.810. The Morgan fingerprint density at radius 2 is 1.79 bits per heavy atom. The molecule has 2 heteroatoms. The van der Waals surface area contributed by atoms with E-state index in [0.717, 1.165) is 19.5 Å². The van der Waals surface area contributed by atoms with Crippen LogP contribution in [0.4, 0.5) is 0 Å². The summed E-state index contributed by atoms with van der Waals surface area (Å²) >= 11 is 0. The van der Waals surface area contributed by atoms with Gasteiger partial charge in [0, 0.05) is 12.1 Å². The summed E-state index contributed by atoms with van der Waals surface area (Å²) < 4.78 is 0. The lowest BCUT2D eigenvalue weighted by molar-refractivity contribution is 0.140. The van der Waals surface area contributed by atoms with Crippen molar-refractivity contribution >= 4 is 0 Å². The highest BCUT2D eigenvalue weighted by molar-refractivity contribution is 5.25. The predicted molar refractivity (Wildman–Crippen MR) is 84.4 cm³/mol. The van der Waals surface area contributed by atoms with Crippen LogP contribution in [0, 0.1) is 0 Å². The molecule has 0 spiro atoms. The van der Waals surface area contributed by atoms with E-state index >= 15 is 0 Å². The second kappa shape index (κ2) is 7.06. The second-order valence-electron chi connectivity index (χ2n) is 6.26. The fraction of sp³-hybridized carbons (Fsp3) is 0.647. The van der Waals surface area contributed by atoms with E-state index in [2.05, 4.69) is 63.9 Å². The minimum absolute atomic E-state index is 0.157. The summed E-state index contributed by atoms with van der Waals surface area (Å²) in [7, 11) is 2.18. The summed E-state index contributed by atoms with van der Waals surface area (Å²) in [5.74, 6) is 0.653. The number of nitrogens with zero attached hydrogens (tertiary/aromatic N) is 1. The van der Waals surface area contributed by atoms with Crippen molar-refractivity contribution in [3.63, 3.8) is 0 Å². The van der Waals surface area contributed by atoms with Gasteiger partial charge in [-0.3, -0.25) is 4.90 Å². The topological polar surface area (TPSA) is 29.3 Å². The van der Waals surface area contributed by atoms with Gasteiger partial charge >= 0.3 is 0 Å². The first kappa shape index (κ1) is 16.2. The Labute approximate surface area is 119 Å². The van der Waals surface area contributed by atoms with E-state index in [0.29, 0.717) is 5.92 Å². The van der Waals surface area contributed by atoms with Gasteiger partial charge in [-0.25, -0.2) is 0 Å². The summed E-state index contributed by atoms with van der Waals surface area (Å²) in [6.45, 7) is 10.8. The van der Waals surface area contributed by atoms with Crippen molar-refractivity contribution in [3.05, 3.63) is 35.4 Å². The number of nitrogens with two attached hydrogens (primary N) is 1. The first-order valence-corrected chi connectivity index (χ1v) is 7.41. The number of benzene rings is 1. The lowest BCUT2D eigenvalue weighted by Gasteiger charge is -2.35. The van der Waals surface area contributed by atoms with Crippen LogP contribution in [0.5, 0.6) is 0 Å². The molecule has 0 fully saturated rings. The van der Waals surface area contributed by atoms with Crippen molar-refractivity contribution in [2.75, 3.05) is 13.6 Å². The van der Waals surface area contributed by atoms with Gasteiger partial charge in [0.15, 0.2) is 0 Å². The molecule has 0 bridgehead atoms. The molecule has 1 atom stereocenters. The molecule has 0 aliphatic heterocycles. The Hall–Kier alpha value is -0.860. The predicted octanol–water partition coefficient (Wildman–Crippen LogP) is 3.76. The van der Waals surface area contributed by atoms with Gasteiger partial charge in [-0.2, -0.15) is 0 Å².